The number of primary amides is 1. The number of anilines is 2. The smallest absolute Gasteiger partial charge is 0.217 e. The Kier molecular flexibility index (Phi) is 4.59. The predicted octanol–water partition coefficient (Wildman–Crippen LogP) is 1.38. The fourth-order valence-corrected chi connectivity index (χ4v) is 3.30. The fraction of sp³-hybridized carbons (Fsp3) is 0.412. The number of nitrogens with one attached hydrogen (secondary N) is 1. The minimum absolute atomic E-state index is 0.141. The molecule has 1 saturated heterocycles. The number of phenolic OH excluding ortho intramolecular Hbond substituents is 1. The summed E-state index contributed by atoms with van der Waals surface area (Å²) in [6, 6.07) is 7.38. The molecule has 7 nitrogen and oxygen atoms in total. The standard InChI is InChI=1S/C17H23N5O2/c1-12-16(10-19-20-12)21-7-8-22(13-3-2-4-15(23)9-13)14(11-21)5-6-17(18)24/h2-4,9-10,14,23H,5-8,11H2,1H3,(H2,18,24)(H,19,20). The number of aromatic amines is 1. The number of H-pyrrole nitrogens is 1. The van der Waals surface area contributed by atoms with Gasteiger partial charge in [0.1, 0.15) is 5.75 Å². The maximum Gasteiger partial charge on any atom is 0.217 e. The average Bonchev–Trinajstić information content (AvgIpc) is 2.98. The third-order valence-electron chi connectivity index (χ3n) is 4.51. The first-order chi connectivity index (χ1) is 11.5. The van der Waals surface area contributed by atoms with Crippen LogP contribution < -0.4 is 15.5 Å². The van der Waals surface area contributed by atoms with E-state index in [1.807, 2.05) is 25.3 Å². The number of nitrogens with zero attached hydrogens (tertiary/aromatic N) is 3. The van der Waals surface area contributed by atoms with Gasteiger partial charge in [-0.1, -0.05) is 6.07 Å². The summed E-state index contributed by atoms with van der Waals surface area (Å²) in [4.78, 5) is 15.8. The molecule has 1 aliphatic heterocycles. The highest BCUT2D eigenvalue weighted by Crippen LogP contribution is 2.28. The molecular formula is C17H23N5O2. The summed E-state index contributed by atoms with van der Waals surface area (Å²) in [5, 5.41) is 16.8. The number of carbonyl (C=O) groups is 1. The molecular weight excluding hydrogens is 306 g/mol. The van der Waals surface area contributed by atoms with Crippen molar-refractivity contribution in [1.82, 2.24) is 10.2 Å². The number of benzene rings is 1. The molecule has 0 aliphatic carbocycles. The number of nitrogens with two attached hydrogens (primary N) is 1. The number of aromatic hydroxyl groups is 1. The quantitative estimate of drug-likeness (QED) is 0.770. The van der Waals surface area contributed by atoms with E-state index in [1.54, 1.807) is 12.1 Å². The van der Waals surface area contributed by atoms with Crippen LogP contribution in [0.3, 0.4) is 0 Å². The number of hydrogen-bond donors (Lipinski definition) is 3. The Hall–Kier alpha value is -2.70. The highest BCUT2D eigenvalue weighted by Gasteiger charge is 2.28. The maximum absolute atomic E-state index is 11.2. The third kappa shape index (κ3) is 3.45. The molecule has 0 bridgehead atoms. The normalized spacial score (nSPS) is 18.0. The number of piperazine rings is 1. The van der Waals surface area contributed by atoms with Gasteiger partial charge >= 0.3 is 0 Å². The summed E-state index contributed by atoms with van der Waals surface area (Å²) in [6.07, 6.45) is 2.86. The van der Waals surface area contributed by atoms with E-state index < -0.39 is 0 Å². The molecule has 1 amide bonds. The lowest BCUT2D eigenvalue weighted by molar-refractivity contribution is -0.118. The first-order valence-electron chi connectivity index (χ1n) is 8.13. The van der Waals surface area contributed by atoms with Crippen molar-refractivity contribution in [3.8, 4) is 5.75 Å². The molecule has 1 unspecified atom stereocenters. The van der Waals surface area contributed by atoms with Crippen LogP contribution in [-0.2, 0) is 4.79 Å². The molecule has 0 spiro atoms. The lowest BCUT2D eigenvalue weighted by Gasteiger charge is -2.43. The Morgan fingerprint density at radius 1 is 1.46 bits per heavy atom. The number of hydrogen-bond acceptors (Lipinski definition) is 5. The van der Waals surface area contributed by atoms with Crippen molar-refractivity contribution in [2.24, 2.45) is 5.73 Å². The largest absolute Gasteiger partial charge is 0.508 e. The summed E-state index contributed by atoms with van der Waals surface area (Å²) >= 11 is 0. The van der Waals surface area contributed by atoms with Crippen molar-refractivity contribution in [2.75, 3.05) is 29.4 Å². The Morgan fingerprint density at radius 2 is 2.29 bits per heavy atom. The van der Waals surface area contributed by atoms with Crippen molar-refractivity contribution >= 4 is 17.3 Å². The van der Waals surface area contributed by atoms with Gasteiger partial charge < -0.3 is 20.6 Å². The number of phenols is 1. The second kappa shape index (κ2) is 6.82. The fourth-order valence-electron chi connectivity index (χ4n) is 3.30. The topological polar surface area (TPSA) is 98.5 Å². The molecule has 1 atom stereocenters. The number of aromatic nitrogens is 2. The molecule has 1 aromatic carbocycles. The minimum Gasteiger partial charge on any atom is -0.508 e. The SMILES string of the molecule is Cc1[nH]ncc1N1CCN(c2cccc(O)c2)C(CCC(N)=O)C1. The Balaban J connectivity index is 1.81. The summed E-state index contributed by atoms with van der Waals surface area (Å²) in [5.41, 5.74) is 8.44. The van der Waals surface area contributed by atoms with Gasteiger partial charge in [0.15, 0.2) is 0 Å². The summed E-state index contributed by atoms with van der Waals surface area (Å²) in [6.45, 7) is 4.44. The number of aryl methyl sites for hydroxylation is 1. The number of rotatable bonds is 5. The van der Waals surface area contributed by atoms with Gasteiger partial charge in [-0.25, -0.2) is 0 Å². The first-order valence-corrected chi connectivity index (χ1v) is 8.13. The molecule has 7 heteroatoms. The zero-order valence-corrected chi connectivity index (χ0v) is 13.8. The molecule has 1 aromatic heterocycles. The van der Waals surface area contributed by atoms with Crippen molar-refractivity contribution in [2.45, 2.75) is 25.8 Å². The average molecular weight is 329 g/mol. The van der Waals surface area contributed by atoms with E-state index >= 15 is 0 Å². The van der Waals surface area contributed by atoms with Gasteiger partial charge in [0.05, 0.1) is 17.6 Å². The van der Waals surface area contributed by atoms with Gasteiger partial charge in [0.25, 0.3) is 0 Å². The van der Waals surface area contributed by atoms with Crippen molar-refractivity contribution in [3.05, 3.63) is 36.2 Å². The third-order valence-corrected chi connectivity index (χ3v) is 4.51. The van der Waals surface area contributed by atoms with E-state index in [-0.39, 0.29) is 17.7 Å². The zero-order chi connectivity index (χ0) is 17.1. The van der Waals surface area contributed by atoms with E-state index in [2.05, 4.69) is 20.0 Å². The van der Waals surface area contributed by atoms with Crippen LogP contribution in [0.1, 0.15) is 18.5 Å². The molecule has 128 valence electrons. The van der Waals surface area contributed by atoms with E-state index in [9.17, 15) is 9.90 Å². The van der Waals surface area contributed by atoms with Gasteiger partial charge in [-0.15, -0.1) is 0 Å². The van der Waals surface area contributed by atoms with E-state index in [4.69, 9.17) is 5.73 Å². The van der Waals surface area contributed by atoms with Crippen LogP contribution in [0.4, 0.5) is 11.4 Å². The maximum atomic E-state index is 11.2. The molecule has 4 N–H and O–H groups in total. The van der Waals surface area contributed by atoms with Gasteiger partial charge in [-0.2, -0.15) is 5.10 Å². The summed E-state index contributed by atoms with van der Waals surface area (Å²) in [5.74, 6) is -0.0447. The van der Waals surface area contributed by atoms with Crippen molar-refractivity contribution in [3.63, 3.8) is 0 Å². The highest BCUT2D eigenvalue weighted by atomic mass is 16.3. The number of amides is 1. The Morgan fingerprint density at radius 3 is 2.96 bits per heavy atom. The second-order valence-corrected chi connectivity index (χ2v) is 6.20. The molecule has 2 aromatic rings. The lowest BCUT2D eigenvalue weighted by Crippen LogP contribution is -2.53. The Bertz CT molecular complexity index is 715. The van der Waals surface area contributed by atoms with Crippen LogP contribution in [0.25, 0.3) is 0 Å². The van der Waals surface area contributed by atoms with Gasteiger partial charge in [0.2, 0.25) is 5.91 Å². The van der Waals surface area contributed by atoms with Crippen molar-refractivity contribution < 1.29 is 9.90 Å². The highest BCUT2D eigenvalue weighted by molar-refractivity contribution is 5.73. The zero-order valence-electron chi connectivity index (χ0n) is 13.8. The van der Waals surface area contributed by atoms with Crippen LogP contribution in [-0.4, -0.2) is 46.9 Å². The van der Waals surface area contributed by atoms with Gasteiger partial charge in [0, 0.05) is 43.9 Å². The van der Waals surface area contributed by atoms with Crippen LogP contribution in [0.5, 0.6) is 5.75 Å². The molecule has 3 rings (SSSR count). The van der Waals surface area contributed by atoms with Gasteiger partial charge in [-0.3, -0.25) is 9.89 Å². The molecule has 2 heterocycles. The van der Waals surface area contributed by atoms with Crippen LogP contribution in [0, 0.1) is 6.92 Å². The predicted molar refractivity (Wildman–Crippen MR) is 93.2 cm³/mol. The van der Waals surface area contributed by atoms with E-state index in [1.165, 1.54) is 0 Å². The lowest BCUT2D eigenvalue weighted by atomic mass is 10.0. The van der Waals surface area contributed by atoms with Gasteiger partial charge in [-0.05, 0) is 25.5 Å². The van der Waals surface area contributed by atoms with E-state index in [0.29, 0.717) is 12.8 Å². The van der Waals surface area contributed by atoms with E-state index in [0.717, 1.165) is 36.7 Å². The molecule has 1 aliphatic rings. The number of carbonyl (C=O) groups excluding carboxylic acids is 1. The molecule has 0 radical (unpaired) electrons. The van der Waals surface area contributed by atoms with Crippen molar-refractivity contribution in [1.29, 1.82) is 0 Å². The van der Waals surface area contributed by atoms with Crippen LogP contribution >= 0.6 is 0 Å². The molecule has 24 heavy (non-hydrogen) atoms. The minimum atomic E-state index is -0.289. The monoisotopic (exact) mass is 329 g/mol. The molecule has 1 fully saturated rings. The first kappa shape index (κ1) is 16.2. The summed E-state index contributed by atoms with van der Waals surface area (Å²) in [7, 11) is 0. The molecule has 0 saturated carbocycles. The van der Waals surface area contributed by atoms with Crippen LogP contribution in [0.15, 0.2) is 30.5 Å². The van der Waals surface area contributed by atoms with Crippen LogP contribution in [0.2, 0.25) is 0 Å². The Labute approximate surface area is 141 Å². The summed E-state index contributed by atoms with van der Waals surface area (Å²) < 4.78 is 0. The second-order valence-electron chi connectivity index (χ2n) is 6.20.